The highest BCUT2D eigenvalue weighted by atomic mass is 127. The molecule has 12 nitrogen and oxygen atoms in total. The zero-order valence-corrected chi connectivity index (χ0v) is 56.7. The molecule has 512 valence electrons. The standard InChI is InChI=1S/C32H45F5N2O4S.C26H35F5O3S.C6H11ClN2O.HI/c1-30-12-10-25-24-7-6-23(43-29(41)39-15-13-38(2)14-16-39)20-22(24)19-21(28(25)26(30)8-9-27(30)40)5-3-17-44(42)18-4-11-31(33,34)32(35,36)37;1-24-11-9-20-19-6-5-18(32)15-17(19)14-16(23(20)21(24)7-8-22(24)33)4-2-12-35(34)13-3-10-25(27,28)26(29,30)31;1-8-2-4-9(5-3-8)6(7)10;/h6-7,20-21,25-28,40H,3-5,8-19H2,1-2H3;5-6,15-16,20-23,32-33H,2-4,7-14H2,1H3;2-5H2,1H3;1H/t21-,25-,26+,27+,28-,30+,44?;16-,20-,21+,22+,23-,24+,35?;;/m11../s1. The first-order valence-electron chi connectivity index (χ1n) is 31.9. The van der Waals surface area contributed by atoms with E-state index in [2.05, 4.69) is 29.7 Å². The number of hydrogen-bond acceptors (Lipinski definition) is 10. The lowest BCUT2D eigenvalue weighted by Crippen LogP contribution is -2.48. The van der Waals surface area contributed by atoms with Gasteiger partial charge >= 0.3 is 35.7 Å². The van der Waals surface area contributed by atoms with E-state index in [1.165, 1.54) is 11.1 Å². The van der Waals surface area contributed by atoms with Crippen molar-refractivity contribution in [1.82, 2.24) is 19.6 Å². The van der Waals surface area contributed by atoms with E-state index < -0.39 is 71.5 Å². The van der Waals surface area contributed by atoms with Crippen molar-refractivity contribution >= 4 is 68.6 Å². The molecule has 2 aromatic rings. The lowest BCUT2D eigenvalue weighted by atomic mass is 9.52. The van der Waals surface area contributed by atoms with Crippen LogP contribution in [0.15, 0.2) is 36.4 Å². The van der Waals surface area contributed by atoms with Gasteiger partial charge in [-0.1, -0.05) is 26.0 Å². The van der Waals surface area contributed by atoms with E-state index in [4.69, 9.17) is 16.3 Å². The second-order valence-electron chi connectivity index (χ2n) is 27.3. The van der Waals surface area contributed by atoms with Crippen molar-refractivity contribution in [3.63, 3.8) is 0 Å². The molecule has 2 unspecified atom stereocenters. The van der Waals surface area contributed by atoms with Crippen molar-refractivity contribution in [2.45, 2.75) is 178 Å². The molecule has 6 fully saturated rings. The zero-order chi connectivity index (χ0) is 65.0. The molecule has 6 aliphatic carbocycles. The number of benzene rings is 2. The normalized spacial score (nSPS) is 30.9. The molecule has 8 aliphatic rings. The van der Waals surface area contributed by atoms with Crippen LogP contribution in [0.3, 0.4) is 0 Å². The van der Waals surface area contributed by atoms with E-state index >= 15 is 0 Å². The smallest absolute Gasteiger partial charge is 0.453 e. The Morgan fingerprint density at radius 3 is 1.41 bits per heavy atom. The van der Waals surface area contributed by atoms with E-state index in [-0.39, 0.29) is 99.1 Å². The Balaban J connectivity index is 0.000000223. The number of ether oxygens (including phenoxy) is 1. The van der Waals surface area contributed by atoms with Crippen LogP contribution in [0.4, 0.5) is 53.5 Å². The Bertz CT molecular complexity index is 2780. The maximum atomic E-state index is 13.3. The lowest BCUT2D eigenvalue weighted by molar-refractivity contribution is -0.284. The van der Waals surface area contributed by atoms with E-state index in [0.717, 1.165) is 127 Å². The summed E-state index contributed by atoms with van der Waals surface area (Å²) in [6, 6.07) is 11.5. The molecule has 0 spiro atoms. The number of fused-ring (bicyclic) bond motifs is 10. The summed E-state index contributed by atoms with van der Waals surface area (Å²) in [6.45, 7) is 10.6. The van der Waals surface area contributed by atoms with Gasteiger partial charge in [0, 0.05) is 110 Å². The van der Waals surface area contributed by atoms with Crippen molar-refractivity contribution in [1.29, 1.82) is 0 Å². The highest BCUT2D eigenvalue weighted by molar-refractivity contribution is 14.0. The largest absolute Gasteiger partial charge is 0.508 e. The topological polar surface area (TPSA) is 151 Å². The quantitative estimate of drug-likeness (QED) is 0.0604. The van der Waals surface area contributed by atoms with Crippen LogP contribution in [0.1, 0.15) is 151 Å². The average Bonchev–Trinajstić information content (AvgIpc) is 1.40. The lowest BCUT2D eigenvalue weighted by Gasteiger charge is -2.53. The van der Waals surface area contributed by atoms with Crippen LogP contribution >= 0.6 is 35.6 Å². The van der Waals surface area contributed by atoms with Gasteiger partial charge in [-0.3, -0.25) is 13.2 Å². The Hall–Kier alpha value is -2.56. The molecule has 2 aliphatic heterocycles. The number of phenolic OH excluding ortho intramolecular Hbond substituents is 1. The third-order valence-electron chi connectivity index (χ3n) is 21.8. The molecule has 90 heavy (non-hydrogen) atoms. The minimum Gasteiger partial charge on any atom is -0.508 e. The first kappa shape index (κ1) is 74.8. The third kappa shape index (κ3) is 17.7. The number of phenols is 1. The van der Waals surface area contributed by atoms with Gasteiger partial charge in [0.2, 0.25) is 0 Å². The number of aromatic hydroxyl groups is 1. The number of aliphatic hydroxyl groups excluding tert-OH is 2. The number of hydrogen-bond donors (Lipinski definition) is 3. The Labute approximate surface area is 550 Å². The number of piperazine rings is 2. The van der Waals surface area contributed by atoms with Gasteiger partial charge in [0.05, 0.1) is 12.2 Å². The number of carbonyl (C=O) groups excluding carboxylic acids is 2. The molecular weight excluding hydrogens is 1370 g/mol. The predicted molar refractivity (Wildman–Crippen MR) is 339 cm³/mol. The second-order valence-corrected chi connectivity index (χ2v) is 31.0. The van der Waals surface area contributed by atoms with Gasteiger partial charge in [-0.15, -0.1) is 24.0 Å². The molecule has 2 amide bonds. The predicted octanol–water partition coefficient (Wildman–Crippen LogP) is 13.9. The summed E-state index contributed by atoms with van der Waals surface area (Å²) in [5.74, 6) is -5.96. The van der Waals surface area contributed by atoms with Gasteiger partial charge in [-0.2, -0.15) is 43.9 Å². The van der Waals surface area contributed by atoms with Crippen LogP contribution < -0.4 is 4.74 Å². The fourth-order valence-corrected chi connectivity index (χ4v) is 19.2. The third-order valence-corrected chi connectivity index (χ3v) is 25.0. The van der Waals surface area contributed by atoms with Crippen molar-refractivity contribution < 1.29 is 82.0 Å². The Kier molecular flexibility index (Phi) is 25.9. The molecule has 0 bridgehead atoms. The molecule has 14 atom stereocenters. The van der Waals surface area contributed by atoms with Crippen LogP contribution in [-0.4, -0.2) is 181 Å². The molecular formula is C64H92ClF10IN4O8S2. The van der Waals surface area contributed by atoms with Crippen LogP contribution in [-0.2, 0) is 34.4 Å². The van der Waals surface area contributed by atoms with Crippen LogP contribution in [0.25, 0.3) is 0 Å². The fraction of sp³-hybridized carbons (Fsp3) is 0.781. The minimum atomic E-state index is -5.59. The van der Waals surface area contributed by atoms with Crippen LogP contribution in [0, 0.1) is 46.3 Å². The SMILES string of the molecule is CN1CCN(C(=O)Cl)CC1.CN1CCN(C(=O)Oc2ccc3c(c2)C[C@@H](CCCS(=O)CCCC(F)(F)C(F)(F)F)[C@@H]2[C@@H]3CC[C@]3(C)[C@@H](O)CC[C@@H]23)CC1.C[C@]12CC[C@@H]3c4ccc(O)cc4C[C@@H](CCCS(=O)CCCC(F)(F)C(F)(F)F)[C@H]3[C@@H]1CC[C@@H]2O.I. The fourth-order valence-electron chi connectivity index (χ4n) is 16.7. The molecule has 0 aromatic heterocycles. The zero-order valence-electron chi connectivity index (χ0n) is 52.0. The number of nitrogens with zero attached hydrogens (tertiary/aromatic N) is 4. The van der Waals surface area contributed by atoms with E-state index in [1.54, 1.807) is 15.9 Å². The molecule has 10 rings (SSSR count). The number of aliphatic hydroxyl groups is 2. The molecule has 3 N–H and O–H groups in total. The molecule has 4 saturated carbocycles. The van der Waals surface area contributed by atoms with E-state index in [0.29, 0.717) is 67.2 Å². The first-order valence-corrected chi connectivity index (χ1v) is 35.3. The molecule has 2 saturated heterocycles. The molecule has 26 heteroatoms. The number of amides is 2. The van der Waals surface area contributed by atoms with E-state index in [9.17, 15) is 77.2 Å². The molecule has 2 heterocycles. The summed E-state index contributed by atoms with van der Waals surface area (Å²) in [5.41, 5.74) is 4.55. The summed E-state index contributed by atoms with van der Waals surface area (Å²) in [5, 5.41) is 31.4. The number of alkyl halides is 10. The average molecular weight is 1460 g/mol. The Morgan fingerprint density at radius 2 is 0.989 bits per heavy atom. The summed E-state index contributed by atoms with van der Waals surface area (Å²) < 4.78 is 158. The van der Waals surface area contributed by atoms with Crippen LogP contribution in [0.5, 0.6) is 11.5 Å². The van der Waals surface area contributed by atoms with Crippen LogP contribution in [0.2, 0.25) is 0 Å². The minimum absolute atomic E-state index is 0. The summed E-state index contributed by atoms with van der Waals surface area (Å²) >= 11 is 5.27. The maximum absolute atomic E-state index is 13.3. The van der Waals surface area contributed by atoms with Crippen molar-refractivity contribution in [2.75, 3.05) is 89.5 Å². The van der Waals surface area contributed by atoms with Gasteiger partial charge in [-0.25, -0.2) is 4.79 Å². The van der Waals surface area contributed by atoms with Gasteiger partial charge in [-0.05, 0) is 233 Å². The monoisotopic (exact) mass is 1460 g/mol. The first-order chi connectivity index (χ1) is 41.7. The van der Waals surface area contributed by atoms with Gasteiger partial charge in [0.25, 0.3) is 0 Å². The number of halogens is 12. The molecule has 0 radical (unpaired) electrons. The van der Waals surface area contributed by atoms with E-state index in [1.807, 2.05) is 38.4 Å². The second kappa shape index (κ2) is 31.1. The number of likely N-dealkylation sites (N-methyl/N-ethyl adjacent to an activating group) is 2. The van der Waals surface area contributed by atoms with Gasteiger partial charge in [0.15, 0.2) is 0 Å². The van der Waals surface area contributed by atoms with Crippen molar-refractivity contribution in [2.24, 2.45) is 46.3 Å². The number of carbonyl (C=O) groups is 2. The van der Waals surface area contributed by atoms with Gasteiger partial charge < -0.3 is 39.7 Å². The maximum Gasteiger partial charge on any atom is 0.453 e. The summed E-state index contributed by atoms with van der Waals surface area (Å²) in [6.07, 6.45) is -4.17. The van der Waals surface area contributed by atoms with Gasteiger partial charge in [0.1, 0.15) is 11.5 Å². The Morgan fingerprint density at radius 1 is 0.589 bits per heavy atom. The highest BCUT2D eigenvalue weighted by Crippen LogP contribution is 2.64. The molecule has 2 aromatic carbocycles. The summed E-state index contributed by atoms with van der Waals surface area (Å²) in [4.78, 5) is 31.1. The van der Waals surface area contributed by atoms with Crippen molar-refractivity contribution in [3.05, 3.63) is 58.7 Å². The number of rotatable bonds is 17. The van der Waals surface area contributed by atoms with Crippen molar-refractivity contribution in [3.8, 4) is 11.5 Å². The highest BCUT2D eigenvalue weighted by Gasteiger charge is 2.60. The summed E-state index contributed by atoms with van der Waals surface area (Å²) in [7, 11) is 1.13.